The van der Waals surface area contributed by atoms with Gasteiger partial charge in [0, 0.05) is 16.6 Å². The van der Waals surface area contributed by atoms with E-state index in [2.05, 4.69) is 45.5 Å². The molecule has 2 fully saturated rings. The molecule has 2 aliphatic carbocycles. The van der Waals surface area contributed by atoms with Crippen LogP contribution in [0.1, 0.15) is 43.6 Å². The first-order chi connectivity index (χ1) is 7.83. The average molecular weight is 280 g/mol. The van der Waals surface area contributed by atoms with E-state index < -0.39 is 0 Å². The van der Waals surface area contributed by atoms with Gasteiger partial charge in [-0.05, 0) is 43.2 Å². The van der Waals surface area contributed by atoms with E-state index in [1.54, 1.807) is 0 Å². The topological polar surface area (TPSA) is 12.0 Å². The number of hydrogen-bond donors (Lipinski definition) is 1. The highest BCUT2D eigenvalue weighted by Gasteiger charge is 2.33. The summed E-state index contributed by atoms with van der Waals surface area (Å²) in [6.07, 6.45) is 6.86. The minimum absolute atomic E-state index is 0.771. The van der Waals surface area contributed by atoms with E-state index in [0.717, 1.165) is 18.0 Å². The van der Waals surface area contributed by atoms with Gasteiger partial charge < -0.3 is 5.32 Å². The van der Waals surface area contributed by atoms with Crippen molar-refractivity contribution in [2.45, 2.75) is 50.1 Å². The van der Waals surface area contributed by atoms with E-state index in [1.165, 1.54) is 42.1 Å². The highest BCUT2D eigenvalue weighted by Crippen LogP contribution is 2.40. The number of benzene rings is 1. The molecule has 0 heterocycles. The summed E-state index contributed by atoms with van der Waals surface area (Å²) in [5.41, 5.74) is 1.49. The van der Waals surface area contributed by atoms with Gasteiger partial charge in [0.25, 0.3) is 0 Å². The van der Waals surface area contributed by atoms with Crippen LogP contribution in [0.15, 0.2) is 28.7 Å². The maximum Gasteiger partial charge on any atom is 0.0210 e. The Labute approximate surface area is 106 Å². The Balaban J connectivity index is 1.54. The summed E-state index contributed by atoms with van der Waals surface area (Å²) in [6.45, 7) is 0. The Kier molecular flexibility index (Phi) is 3.03. The van der Waals surface area contributed by atoms with Crippen LogP contribution in [0.5, 0.6) is 0 Å². The van der Waals surface area contributed by atoms with Crippen molar-refractivity contribution < 1.29 is 0 Å². The maximum absolute atomic E-state index is 3.76. The van der Waals surface area contributed by atoms with Crippen LogP contribution >= 0.6 is 15.9 Å². The van der Waals surface area contributed by atoms with E-state index in [0.29, 0.717) is 0 Å². The van der Waals surface area contributed by atoms with Crippen LogP contribution in [0, 0.1) is 0 Å². The lowest BCUT2D eigenvalue weighted by atomic mass is 9.75. The molecule has 2 saturated carbocycles. The van der Waals surface area contributed by atoms with Crippen LogP contribution in [-0.4, -0.2) is 12.1 Å². The smallest absolute Gasteiger partial charge is 0.0210 e. The third-order valence-corrected chi connectivity index (χ3v) is 4.78. The molecule has 0 amide bonds. The third-order valence-electron chi connectivity index (χ3n) is 4.06. The predicted octanol–water partition coefficient (Wildman–Crippen LogP) is 3.84. The van der Waals surface area contributed by atoms with Gasteiger partial charge in [0.2, 0.25) is 0 Å². The van der Waals surface area contributed by atoms with E-state index in [9.17, 15) is 0 Å². The lowest BCUT2D eigenvalue weighted by molar-refractivity contribution is 0.220. The van der Waals surface area contributed by atoms with Crippen LogP contribution in [0.2, 0.25) is 0 Å². The Hall–Kier alpha value is -0.340. The van der Waals surface area contributed by atoms with Crippen molar-refractivity contribution in [2.75, 3.05) is 0 Å². The Bertz CT molecular complexity index is 367. The molecule has 0 unspecified atom stereocenters. The Morgan fingerprint density at radius 3 is 2.44 bits per heavy atom. The Morgan fingerprint density at radius 1 is 1.06 bits per heavy atom. The van der Waals surface area contributed by atoms with Crippen molar-refractivity contribution in [3.63, 3.8) is 0 Å². The highest BCUT2D eigenvalue weighted by atomic mass is 79.9. The quantitative estimate of drug-likeness (QED) is 0.887. The molecule has 0 spiro atoms. The lowest BCUT2D eigenvalue weighted by Crippen LogP contribution is -2.48. The van der Waals surface area contributed by atoms with E-state index >= 15 is 0 Å². The van der Waals surface area contributed by atoms with Crippen molar-refractivity contribution in [3.8, 4) is 0 Å². The van der Waals surface area contributed by atoms with Crippen LogP contribution in [0.25, 0.3) is 0 Å². The zero-order valence-electron chi connectivity index (χ0n) is 9.45. The summed E-state index contributed by atoms with van der Waals surface area (Å²) in [5.74, 6) is 0.771. The van der Waals surface area contributed by atoms with E-state index in [-0.39, 0.29) is 0 Å². The number of rotatable bonds is 3. The first-order valence-corrected chi connectivity index (χ1v) is 7.12. The lowest BCUT2D eigenvalue weighted by Gasteiger charge is -2.41. The summed E-state index contributed by atoms with van der Waals surface area (Å²) in [5, 5.41) is 3.76. The van der Waals surface area contributed by atoms with Gasteiger partial charge in [-0.1, -0.05) is 40.5 Å². The molecular formula is C14H18BrN. The molecule has 1 aromatic carbocycles. The molecule has 1 N–H and O–H groups in total. The molecule has 1 aromatic rings. The van der Waals surface area contributed by atoms with Gasteiger partial charge in [-0.25, -0.2) is 0 Å². The molecular weight excluding hydrogens is 262 g/mol. The SMILES string of the molecule is Brc1ccccc1C1CC(NC2CCC2)C1. The molecule has 16 heavy (non-hydrogen) atoms. The molecule has 2 heteroatoms. The van der Waals surface area contributed by atoms with Crippen molar-refractivity contribution >= 4 is 15.9 Å². The second-order valence-corrected chi connectivity index (χ2v) is 6.04. The van der Waals surface area contributed by atoms with Gasteiger partial charge in [0.1, 0.15) is 0 Å². The summed E-state index contributed by atoms with van der Waals surface area (Å²) in [6, 6.07) is 10.3. The van der Waals surface area contributed by atoms with Crippen molar-refractivity contribution in [1.82, 2.24) is 5.32 Å². The first kappa shape index (κ1) is 10.8. The number of nitrogens with one attached hydrogen (secondary N) is 1. The first-order valence-electron chi connectivity index (χ1n) is 6.33. The van der Waals surface area contributed by atoms with Crippen molar-refractivity contribution in [2.24, 2.45) is 0 Å². The highest BCUT2D eigenvalue weighted by molar-refractivity contribution is 9.10. The zero-order chi connectivity index (χ0) is 11.0. The molecule has 0 bridgehead atoms. The average Bonchev–Trinajstić information content (AvgIpc) is 2.15. The fourth-order valence-corrected chi connectivity index (χ4v) is 3.33. The van der Waals surface area contributed by atoms with Crippen molar-refractivity contribution in [3.05, 3.63) is 34.3 Å². The van der Waals surface area contributed by atoms with Gasteiger partial charge >= 0.3 is 0 Å². The largest absolute Gasteiger partial charge is 0.311 e. The minimum Gasteiger partial charge on any atom is -0.311 e. The van der Waals surface area contributed by atoms with Crippen LogP contribution < -0.4 is 5.32 Å². The van der Waals surface area contributed by atoms with E-state index in [4.69, 9.17) is 0 Å². The molecule has 0 aromatic heterocycles. The number of hydrogen-bond acceptors (Lipinski definition) is 1. The maximum atomic E-state index is 3.76. The summed E-state index contributed by atoms with van der Waals surface area (Å²) in [7, 11) is 0. The summed E-state index contributed by atoms with van der Waals surface area (Å²) in [4.78, 5) is 0. The molecule has 0 aliphatic heterocycles. The van der Waals surface area contributed by atoms with E-state index in [1.807, 2.05) is 0 Å². The van der Waals surface area contributed by atoms with Crippen LogP contribution in [0.4, 0.5) is 0 Å². The molecule has 2 aliphatic rings. The zero-order valence-corrected chi connectivity index (χ0v) is 11.0. The van der Waals surface area contributed by atoms with Crippen LogP contribution in [-0.2, 0) is 0 Å². The normalized spacial score (nSPS) is 29.6. The van der Waals surface area contributed by atoms with Crippen LogP contribution in [0.3, 0.4) is 0 Å². The minimum atomic E-state index is 0.771. The standard InChI is InChI=1S/C14H18BrN/c15-14-7-2-1-6-13(14)10-8-12(9-10)16-11-4-3-5-11/h1-2,6-7,10-12,16H,3-5,8-9H2. The molecule has 3 rings (SSSR count). The Morgan fingerprint density at radius 2 is 1.81 bits per heavy atom. The van der Waals surface area contributed by atoms with Gasteiger partial charge in [-0.2, -0.15) is 0 Å². The molecule has 0 radical (unpaired) electrons. The second-order valence-electron chi connectivity index (χ2n) is 5.18. The molecule has 0 atom stereocenters. The molecule has 86 valence electrons. The van der Waals surface area contributed by atoms with Gasteiger partial charge in [0.05, 0.1) is 0 Å². The summed E-state index contributed by atoms with van der Waals surface area (Å²) >= 11 is 3.65. The second kappa shape index (κ2) is 4.50. The predicted molar refractivity (Wildman–Crippen MR) is 70.7 cm³/mol. The van der Waals surface area contributed by atoms with Gasteiger partial charge in [0.15, 0.2) is 0 Å². The molecule has 0 saturated heterocycles. The van der Waals surface area contributed by atoms with Gasteiger partial charge in [-0.3, -0.25) is 0 Å². The fourth-order valence-electron chi connectivity index (χ4n) is 2.72. The summed E-state index contributed by atoms with van der Waals surface area (Å²) < 4.78 is 1.28. The number of halogens is 1. The van der Waals surface area contributed by atoms with Crippen molar-refractivity contribution in [1.29, 1.82) is 0 Å². The molecule has 1 nitrogen and oxygen atoms in total. The third kappa shape index (κ3) is 2.05. The monoisotopic (exact) mass is 279 g/mol. The van der Waals surface area contributed by atoms with Gasteiger partial charge in [-0.15, -0.1) is 0 Å². The fraction of sp³-hybridized carbons (Fsp3) is 0.571.